The fraction of sp³-hybridized carbons (Fsp3) is 0.500. The van der Waals surface area contributed by atoms with Gasteiger partial charge in [0.25, 0.3) is 0 Å². The van der Waals surface area contributed by atoms with Gasteiger partial charge in [-0.3, -0.25) is 0 Å². The Bertz CT molecular complexity index is 335. The molecule has 0 saturated carbocycles. The normalized spacial score (nSPS) is 25.6. The fourth-order valence-corrected chi connectivity index (χ4v) is 1.37. The molecule has 2 fully saturated rings. The highest BCUT2D eigenvalue weighted by molar-refractivity contribution is 5.40. The zero-order valence-corrected chi connectivity index (χ0v) is 9.45. The zero-order valence-electron chi connectivity index (χ0n) is 9.45. The van der Waals surface area contributed by atoms with Crippen LogP contribution in [-0.2, 0) is 19.1 Å². The fourth-order valence-electron chi connectivity index (χ4n) is 1.37. The quantitative estimate of drug-likeness (QED) is 0.526. The van der Waals surface area contributed by atoms with Gasteiger partial charge in [0, 0.05) is 0 Å². The third kappa shape index (κ3) is 3.41. The van der Waals surface area contributed by atoms with Gasteiger partial charge in [0.1, 0.15) is 25.4 Å². The van der Waals surface area contributed by atoms with E-state index in [0.717, 1.165) is 18.9 Å². The summed E-state index contributed by atoms with van der Waals surface area (Å²) < 4.78 is 10.2. The number of epoxide rings is 2. The van der Waals surface area contributed by atoms with Crippen molar-refractivity contribution in [3.8, 4) is 0 Å². The maximum atomic E-state index is 5.56. The van der Waals surface area contributed by atoms with Crippen LogP contribution in [0.25, 0.3) is 0 Å². The van der Waals surface area contributed by atoms with Crippen LogP contribution in [0, 0.1) is 0 Å². The number of ether oxygens (including phenoxy) is 2. The average Bonchev–Trinajstić information content (AvgIpc) is 3.25. The monoisotopic (exact) mass is 237 g/mol. The van der Waals surface area contributed by atoms with E-state index in [0.29, 0.717) is 13.2 Å². The minimum atomic E-state index is 0.210. The molecule has 2 aliphatic heterocycles. The predicted octanol–water partition coefficient (Wildman–Crippen LogP) is 1.15. The first-order chi connectivity index (χ1) is 8.42. The van der Waals surface area contributed by atoms with E-state index in [1.54, 1.807) is 0 Å². The molecule has 2 atom stereocenters. The molecule has 17 heavy (non-hydrogen) atoms. The van der Waals surface area contributed by atoms with Crippen LogP contribution in [0.2, 0.25) is 0 Å². The molecule has 2 saturated heterocycles. The van der Waals surface area contributed by atoms with E-state index in [-0.39, 0.29) is 12.2 Å². The number of benzene rings is 1. The standard InChI is InChI=1S/C12H15NO4/c1-2-4-10(5-3-1)13(16-8-11-6-14-11)17-9-12-7-15-12/h1-5,11-12H,6-9H2. The summed E-state index contributed by atoms with van der Waals surface area (Å²) in [5.74, 6) is 0. The van der Waals surface area contributed by atoms with Crippen molar-refractivity contribution in [1.29, 1.82) is 0 Å². The van der Waals surface area contributed by atoms with Gasteiger partial charge in [-0.1, -0.05) is 18.2 Å². The third-order valence-corrected chi connectivity index (χ3v) is 2.53. The summed E-state index contributed by atoms with van der Waals surface area (Å²) in [6.07, 6.45) is 0.420. The lowest BCUT2D eigenvalue weighted by molar-refractivity contribution is -0.0960. The summed E-state index contributed by atoms with van der Waals surface area (Å²) >= 11 is 0. The summed E-state index contributed by atoms with van der Waals surface area (Å²) in [6, 6.07) is 9.70. The van der Waals surface area contributed by atoms with Crippen LogP contribution < -0.4 is 5.23 Å². The van der Waals surface area contributed by atoms with Crippen LogP contribution in [-0.4, -0.2) is 38.6 Å². The van der Waals surface area contributed by atoms with Gasteiger partial charge in [0.2, 0.25) is 0 Å². The number of para-hydroxylation sites is 1. The lowest BCUT2D eigenvalue weighted by Crippen LogP contribution is -2.27. The second-order valence-corrected chi connectivity index (χ2v) is 4.09. The molecule has 5 nitrogen and oxygen atoms in total. The van der Waals surface area contributed by atoms with E-state index in [1.807, 2.05) is 30.3 Å². The number of nitrogens with zero attached hydrogens (tertiary/aromatic N) is 1. The molecule has 2 aliphatic rings. The van der Waals surface area contributed by atoms with E-state index < -0.39 is 0 Å². The molecule has 1 aromatic rings. The van der Waals surface area contributed by atoms with Crippen LogP contribution in [0.3, 0.4) is 0 Å². The Morgan fingerprint density at radius 3 is 2.00 bits per heavy atom. The SMILES string of the molecule is c1ccc(N(OCC2CO2)OCC2CO2)cc1. The molecule has 3 rings (SSSR count). The predicted molar refractivity (Wildman–Crippen MR) is 60.3 cm³/mol. The van der Waals surface area contributed by atoms with Crippen LogP contribution in [0.4, 0.5) is 5.69 Å². The highest BCUT2D eigenvalue weighted by Crippen LogP contribution is 2.19. The van der Waals surface area contributed by atoms with E-state index in [9.17, 15) is 0 Å². The van der Waals surface area contributed by atoms with Crippen molar-refractivity contribution in [1.82, 2.24) is 0 Å². The highest BCUT2D eigenvalue weighted by Gasteiger charge is 2.27. The molecule has 0 bridgehead atoms. The van der Waals surface area contributed by atoms with Crippen molar-refractivity contribution >= 4 is 5.69 Å². The van der Waals surface area contributed by atoms with Gasteiger partial charge < -0.3 is 9.47 Å². The van der Waals surface area contributed by atoms with Gasteiger partial charge in [-0.25, -0.2) is 9.68 Å². The first-order valence-electron chi connectivity index (χ1n) is 5.76. The smallest absolute Gasteiger partial charge is 0.107 e. The van der Waals surface area contributed by atoms with E-state index in [2.05, 4.69) is 0 Å². The lowest BCUT2D eigenvalue weighted by Gasteiger charge is -2.21. The Labute approximate surface area is 99.7 Å². The van der Waals surface area contributed by atoms with Crippen LogP contribution in [0.5, 0.6) is 0 Å². The van der Waals surface area contributed by atoms with Crippen molar-refractivity contribution in [2.24, 2.45) is 0 Å². The minimum Gasteiger partial charge on any atom is -0.371 e. The Balaban J connectivity index is 1.56. The molecule has 1 aromatic carbocycles. The van der Waals surface area contributed by atoms with E-state index in [4.69, 9.17) is 19.1 Å². The minimum absolute atomic E-state index is 0.210. The van der Waals surface area contributed by atoms with Gasteiger partial charge in [-0.05, 0) is 12.1 Å². The first-order valence-corrected chi connectivity index (χ1v) is 5.76. The summed E-state index contributed by atoms with van der Waals surface area (Å²) in [5, 5.41) is 1.45. The van der Waals surface area contributed by atoms with E-state index >= 15 is 0 Å². The van der Waals surface area contributed by atoms with Crippen molar-refractivity contribution in [3.05, 3.63) is 30.3 Å². The molecule has 5 heteroatoms. The number of rotatable bonds is 7. The lowest BCUT2D eigenvalue weighted by atomic mass is 10.3. The van der Waals surface area contributed by atoms with Gasteiger partial charge in [-0.15, -0.1) is 5.23 Å². The Morgan fingerprint density at radius 2 is 1.53 bits per heavy atom. The van der Waals surface area contributed by atoms with Crippen LogP contribution in [0.15, 0.2) is 30.3 Å². The molecule has 0 spiro atoms. The van der Waals surface area contributed by atoms with E-state index in [1.165, 1.54) is 5.23 Å². The van der Waals surface area contributed by atoms with Gasteiger partial charge in [-0.2, -0.15) is 0 Å². The molecule has 0 amide bonds. The van der Waals surface area contributed by atoms with Crippen LogP contribution in [0.1, 0.15) is 0 Å². The molecule has 2 heterocycles. The summed E-state index contributed by atoms with van der Waals surface area (Å²) in [7, 11) is 0. The molecule has 0 N–H and O–H groups in total. The van der Waals surface area contributed by atoms with Gasteiger partial charge in [0.05, 0.1) is 18.9 Å². The Morgan fingerprint density at radius 1 is 1.00 bits per heavy atom. The highest BCUT2D eigenvalue weighted by atomic mass is 17.0. The molecule has 0 aromatic heterocycles. The van der Waals surface area contributed by atoms with Crippen LogP contribution >= 0.6 is 0 Å². The Hall–Kier alpha value is -1.14. The maximum Gasteiger partial charge on any atom is 0.107 e. The second kappa shape index (κ2) is 5.01. The maximum absolute atomic E-state index is 5.56. The summed E-state index contributed by atoms with van der Waals surface area (Å²) in [6.45, 7) is 2.57. The van der Waals surface area contributed by atoms with Gasteiger partial charge in [0.15, 0.2) is 0 Å². The van der Waals surface area contributed by atoms with Crippen molar-refractivity contribution in [2.45, 2.75) is 12.2 Å². The second-order valence-electron chi connectivity index (χ2n) is 4.09. The first kappa shape index (κ1) is 11.0. The van der Waals surface area contributed by atoms with Gasteiger partial charge >= 0.3 is 0 Å². The molecular weight excluding hydrogens is 222 g/mol. The molecule has 0 radical (unpaired) electrons. The van der Waals surface area contributed by atoms with Crippen molar-refractivity contribution < 1.29 is 19.1 Å². The van der Waals surface area contributed by atoms with Crippen molar-refractivity contribution in [2.75, 3.05) is 31.7 Å². The zero-order chi connectivity index (χ0) is 11.5. The summed E-state index contributed by atoms with van der Waals surface area (Å²) in [5.41, 5.74) is 0.869. The largest absolute Gasteiger partial charge is 0.371 e. The topological polar surface area (TPSA) is 46.8 Å². The molecule has 92 valence electrons. The Kier molecular flexibility index (Phi) is 3.24. The van der Waals surface area contributed by atoms with Crippen molar-refractivity contribution in [3.63, 3.8) is 0 Å². The number of anilines is 1. The molecule has 0 aliphatic carbocycles. The molecular formula is C12H15NO4. The number of hydrogen-bond donors (Lipinski definition) is 0. The average molecular weight is 237 g/mol. The summed E-state index contributed by atoms with van der Waals surface area (Å²) in [4.78, 5) is 11.1. The third-order valence-electron chi connectivity index (χ3n) is 2.53. The number of hydrogen-bond acceptors (Lipinski definition) is 5. The molecule has 2 unspecified atom stereocenters.